The second-order valence-electron chi connectivity index (χ2n) is 3.09. The Kier molecular flexibility index (Phi) is 3.52. The maximum atomic E-state index is 11.0. The summed E-state index contributed by atoms with van der Waals surface area (Å²) in [5.74, 6) is -0.992. The Morgan fingerprint density at radius 3 is 2.17 bits per heavy atom. The minimum absolute atomic E-state index is 0.402. The summed E-state index contributed by atoms with van der Waals surface area (Å²) in [7, 11) is 0. The molecule has 0 bridgehead atoms. The normalized spacial score (nSPS) is 13.7. The number of hydrogen-bond donors (Lipinski definition) is 2. The SMILES string of the molecule is CC(Cl)C(=O)NC(C)(C)C(N)=O. The number of rotatable bonds is 3. The highest BCUT2D eigenvalue weighted by Gasteiger charge is 2.27. The summed E-state index contributed by atoms with van der Waals surface area (Å²) in [5, 5.41) is 1.75. The highest BCUT2D eigenvalue weighted by atomic mass is 35.5. The number of carbonyl (C=O) groups is 2. The summed E-state index contributed by atoms with van der Waals surface area (Å²) >= 11 is 5.47. The highest BCUT2D eigenvalue weighted by molar-refractivity contribution is 6.30. The van der Waals surface area contributed by atoms with E-state index in [0.717, 1.165) is 0 Å². The number of amides is 2. The van der Waals surface area contributed by atoms with E-state index in [-0.39, 0.29) is 0 Å². The number of halogens is 1. The first-order valence-electron chi connectivity index (χ1n) is 3.53. The maximum absolute atomic E-state index is 11.0. The largest absolute Gasteiger partial charge is 0.368 e. The summed E-state index contributed by atoms with van der Waals surface area (Å²) in [4.78, 5) is 21.8. The van der Waals surface area contributed by atoms with Crippen molar-refractivity contribution in [3.05, 3.63) is 0 Å². The molecule has 5 heteroatoms. The molecule has 12 heavy (non-hydrogen) atoms. The smallest absolute Gasteiger partial charge is 0.242 e. The summed E-state index contributed by atoms with van der Waals surface area (Å²) in [5.41, 5.74) is 3.98. The fourth-order valence-electron chi connectivity index (χ4n) is 0.469. The van der Waals surface area contributed by atoms with Gasteiger partial charge in [0.25, 0.3) is 0 Å². The highest BCUT2D eigenvalue weighted by Crippen LogP contribution is 2.02. The topological polar surface area (TPSA) is 72.2 Å². The second-order valence-corrected chi connectivity index (χ2v) is 3.75. The Labute approximate surface area is 76.4 Å². The summed E-state index contributed by atoms with van der Waals surface area (Å²) in [6.07, 6.45) is 0. The lowest BCUT2D eigenvalue weighted by atomic mass is 10.1. The molecule has 0 aliphatic heterocycles. The van der Waals surface area contributed by atoms with Crippen molar-refractivity contribution in [2.45, 2.75) is 31.7 Å². The van der Waals surface area contributed by atoms with Gasteiger partial charge in [0, 0.05) is 0 Å². The van der Waals surface area contributed by atoms with Gasteiger partial charge in [-0.2, -0.15) is 0 Å². The molecular weight excluding hydrogens is 180 g/mol. The third-order valence-corrected chi connectivity index (χ3v) is 1.61. The van der Waals surface area contributed by atoms with Gasteiger partial charge < -0.3 is 11.1 Å². The lowest BCUT2D eigenvalue weighted by molar-refractivity contribution is -0.130. The Hall–Kier alpha value is -0.770. The molecule has 1 unspecified atom stereocenters. The van der Waals surface area contributed by atoms with E-state index < -0.39 is 22.7 Å². The first-order chi connectivity index (χ1) is 5.27. The summed E-state index contributed by atoms with van der Waals surface area (Å²) in [6, 6.07) is 0. The standard InChI is InChI=1S/C7H13ClN2O2/c1-4(8)5(11)10-7(2,3)6(9)12/h4H,1-3H3,(H2,9,12)(H,10,11). The van der Waals surface area contributed by atoms with Crippen LogP contribution in [-0.2, 0) is 9.59 Å². The van der Waals surface area contributed by atoms with Crippen LogP contribution in [0.25, 0.3) is 0 Å². The Morgan fingerprint density at radius 1 is 1.50 bits per heavy atom. The molecule has 2 amide bonds. The molecule has 1 atom stereocenters. The molecule has 0 aromatic carbocycles. The van der Waals surface area contributed by atoms with E-state index >= 15 is 0 Å². The number of carbonyl (C=O) groups excluding carboxylic acids is 2. The first-order valence-corrected chi connectivity index (χ1v) is 3.97. The van der Waals surface area contributed by atoms with Gasteiger partial charge in [-0.05, 0) is 20.8 Å². The van der Waals surface area contributed by atoms with Crippen LogP contribution < -0.4 is 11.1 Å². The van der Waals surface area contributed by atoms with E-state index in [1.165, 1.54) is 20.8 Å². The molecule has 0 fully saturated rings. The van der Waals surface area contributed by atoms with Crippen molar-refractivity contribution in [1.82, 2.24) is 5.32 Å². The summed E-state index contributed by atoms with van der Waals surface area (Å²) < 4.78 is 0. The van der Waals surface area contributed by atoms with Crippen LogP contribution in [-0.4, -0.2) is 22.7 Å². The zero-order valence-electron chi connectivity index (χ0n) is 7.35. The number of nitrogens with two attached hydrogens (primary N) is 1. The van der Waals surface area contributed by atoms with Gasteiger partial charge >= 0.3 is 0 Å². The van der Waals surface area contributed by atoms with Crippen molar-refractivity contribution in [2.75, 3.05) is 0 Å². The predicted molar refractivity (Wildman–Crippen MR) is 46.7 cm³/mol. The van der Waals surface area contributed by atoms with E-state index in [9.17, 15) is 9.59 Å². The summed E-state index contributed by atoms with van der Waals surface area (Å²) in [6.45, 7) is 4.56. The van der Waals surface area contributed by atoms with Crippen molar-refractivity contribution < 1.29 is 9.59 Å². The van der Waals surface area contributed by atoms with Crippen molar-refractivity contribution in [1.29, 1.82) is 0 Å². The maximum Gasteiger partial charge on any atom is 0.242 e. The molecule has 0 aromatic heterocycles. The Bertz CT molecular complexity index is 202. The molecule has 0 rings (SSSR count). The molecule has 0 saturated carbocycles. The van der Waals surface area contributed by atoms with E-state index in [1.54, 1.807) is 0 Å². The van der Waals surface area contributed by atoms with Crippen LogP contribution in [0.4, 0.5) is 0 Å². The van der Waals surface area contributed by atoms with Gasteiger partial charge in [-0.25, -0.2) is 0 Å². The fraction of sp³-hybridized carbons (Fsp3) is 0.714. The minimum atomic E-state index is -1.04. The molecule has 4 nitrogen and oxygen atoms in total. The van der Waals surface area contributed by atoms with Crippen LogP contribution in [0.15, 0.2) is 0 Å². The molecule has 3 N–H and O–H groups in total. The van der Waals surface area contributed by atoms with Gasteiger partial charge in [-0.15, -0.1) is 11.6 Å². The van der Waals surface area contributed by atoms with Crippen LogP contribution in [0.1, 0.15) is 20.8 Å². The van der Waals surface area contributed by atoms with Crippen LogP contribution in [0, 0.1) is 0 Å². The lowest BCUT2D eigenvalue weighted by Crippen LogP contribution is -2.54. The molecule has 0 aliphatic rings. The first kappa shape index (κ1) is 11.2. The van der Waals surface area contributed by atoms with Gasteiger partial charge in [-0.1, -0.05) is 0 Å². The van der Waals surface area contributed by atoms with E-state index in [0.29, 0.717) is 0 Å². The molecule has 0 heterocycles. The van der Waals surface area contributed by atoms with Crippen molar-refractivity contribution >= 4 is 23.4 Å². The fourth-order valence-corrected chi connectivity index (χ4v) is 0.524. The second kappa shape index (κ2) is 3.76. The molecular formula is C7H13ClN2O2. The van der Waals surface area contributed by atoms with E-state index in [2.05, 4.69) is 5.32 Å². The predicted octanol–water partition coefficient (Wildman–Crippen LogP) is -0.00620. The zero-order valence-corrected chi connectivity index (χ0v) is 8.11. The molecule has 0 aromatic rings. The third kappa shape index (κ3) is 3.09. The molecule has 0 spiro atoms. The van der Waals surface area contributed by atoms with Crippen LogP contribution >= 0.6 is 11.6 Å². The Morgan fingerprint density at radius 2 is 1.92 bits per heavy atom. The average molecular weight is 193 g/mol. The number of alkyl halides is 1. The zero-order chi connectivity index (χ0) is 9.94. The van der Waals surface area contributed by atoms with Crippen LogP contribution in [0.2, 0.25) is 0 Å². The average Bonchev–Trinajstić information content (AvgIpc) is 1.85. The molecule has 70 valence electrons. The molecule has 0 aliphatic carbocycles. The van der Waals surface area contributed by atoms with Crippen LogP contribution in [0.3, 0.4) is 0 Å². The van der Waals surface area contributed by atoms with Crippen LogP contribution in [0.5, 0.6) is 0 Å². The van der Waals surface area contributed by atoms with Gasteiger partial charge in [0.05, 0.1) is 0 Å². The van der Waals surface area contributed by atoms with E-state index in [1.807, 2.05) is 0 Å². The van der Waals surface area contributed by atoms with E-state index in [4.69, 9.17) is 17.3 Å². The van der Waals surface area contributed by atoms with Crippen molar-refractivity contribution in [3.8, 4) is 0 Å². The molecule has 0 saturated heterocycles. The number of nitrogens with one attached hydrogen (secondary N) is 1. The lowest BCUT2D eigenvalue weighted by Gasteiger charge is -2.22. The van der Waals surface area contributed by atoms with Gasteiger partial charge in [-0.3, -0.25) is 9.59 Å². The number of hydrogen-bond acceptors (Lipinski definition) is 2. The van der Waals surface area contributed by atoms with Gasteiger partial charge in [0.2, 0.25) is 11.8 Å². The van der Waals surface area contributed by atoms with Gasteiger partial charge in [0.1, 0.15) is 10.9 Å². The van der Waals surface area contributed by atoms with Gasteiger partial charge in [0.15, 0.2) is 0 Å². The minimum Gasteiger partial charge on any atom is -0.368 e. The van der Waals surface area contributed by atoms with Crippen molar-refractivity contribution in [3.63, 3.8) is 0 Å². The van der Waals surface area contributed by atoms with Crippen molar-refractivity contribution in [2.24, 2.45) is 5.73 Å². The third-order valence-electron chi connectivity index (χ3n) is 1.41. The monoisotopic (exact) mass is 192 g/mol. The number of primary amides is 1. The quantitative estimate of drug-likeness (QED) is 0.618. The molecule has 0 radical (unpaired) electrons. The Balaban J connectivity index is 4.25.